The highest BCUT2D eigenvalue weighted by atomic mass is 16.5. The van der Waals surface area contributed by atoms with Crippen LogP contribution >= 0.6 is 0 Å². The monoisotopic (exact) mass is 256 g/mol. The Morgan fingerprint density at radius 2 is 2.11 bits per heavy atom. The van der Waals surface area contributed by atoms with Crippen molar-refractivity contribution in [2.45, 2.75) is 51.6 Å². The zero-order chi connectivity index (χ0) is 13.5. The Hall–Kier alpha value is -1.10. The van der Waals surface area contributed by atoms with E-state index in [2.05, 4.69) is 5.32 Å². The molecular weight excluding hydrogens is 232 g/mol. The molecule has 5 heteroatoms. The number of hydrogen-bond donors (Lipinski definition) is 1. The molecule has 0 aromatic carbocycles. The van der Waals surface area contributed by atoms with Gasteiger partial charge >= 0.3 is 5.97 Å². The molecule has 0 radical (unpaired) electrons. The van der Waals surface area contributed by atoms with Crippen LogP contribution in [-0.4, -0.2) is 49.1 Å². The van der Waals surface area contributed by atoms with Crippen LogP contribution in [-0.2, 0) is 14.3 Å². The molecule has 1 aliphatic heterocycles. The maximum absolute atomic E-state index is 11.9. The highest BCUT2D eigenvalue weighted by Gasteiger charge is 2.36. The number of likely N-dealkylation sites (N-methyl/N-ethyl adjacent to an activating group) is 1. The van der Waals surface area contributed by atoms with Gasteiger partial charge < -0.3 is 10.1 Å². The molecule has 1 aliphatic rings. The number of hydrogen-bond acceptors (Lipinski definition) is 4. The molecular formula is C13H24N2O3. The molecule has 1 heterocycles. The van der Waals surface area contributed by atoms with E-state index < -0.39 is 0 Å². The molecule has 1 fully saturated rings. The highest BCUT2D eigenvalue weighted by molar-refractivity contribution is 5.83. The summed E-state index contributed by atoms with van der Waals surface area (Å²) in [6.07, 6.45) is 3.55. The number of nitrogens with zero attached hydrogens (tertiary/aromatic N) is 1. The fraction of sp³-hybridized carbons (Fsp3) is 0.846. The molecule has 18 heavy (non-hydrogen) atoms. The standard InChI is InChI=1S/C13H24N2O3/c1-4-10(13(17)18-5-2)15-9-7-6-8-11(15)12(16)14-3/h10-11H,4-9H2,1-3H3,(H,14,16). The lowest BCUT2D eigenvalue weighted by molar-refractivity contribution is -0.152. The Kier molecular flexibility index (Phi) is 6.12. The molecule has 1 rings (SSSR count). The minimum absolute atomic E-state index is 0.00236. The van der Waals surface area contributed by atoms with Crippen LogP contribution in [0.1, 0.15) is 39.5 Å². The van der Waals surface area contributed by atoms with E-state index in [-0.39, 0.29) is 24.0 Å². The van der Waals surface area contributed by atoms with Gasteiger partial charge in [-0.25, -0.2) is 0 Å². The van der Waals surface area contributed by atoms with E-state index in [4.69, 9.17) is 4.74 Å². The number of likely N-dealkylation sites (tertiary alicyclic amines) is 1. The summed E-state index contributed by atoms with van der Waals surface area (Å²) in [6, 6.07) is -0.495. The van der Waals surface area contributed by atoms with Crippen molar-refractivity contribution < 1.29 is 14.3 Å². The zero-order valence-corrected chi connectivity index (χ0v) is 11.6. The Labute approximate surface area is 109 Å². The summed E-state index contributed by atoms with van der Waals surface area (Å²) >= 11 is 0. The van der Waals surface area contributed by atoms with Gasteiger partial charge in [0.2, 0.25) is 5.91 Å². The second-order valence-corrected chi connectivity index (χ2v) is 4.54. The van der Waals surface area contributed by atoms with E-state index in [0.29, 0.717) is 13.0 Å². The number of rotatable bonds is 5. The van der Waals surface area contributed by atoms with E-state index in [1.165, 1.54) is 0 Å². The first-order valence-electron chi connectivity index (χ1n) is 6.79. The molecule has 0 aliphatic carbocycles. The average Bonchev–Trinajstić information content (AvgIpc) is 2.39. The molecule has 2 atom stereocenters. The number of carbonyl (C=O) groups is 2. The smallest absolute Gasteiger partial charge is 0.323 e. The van der Waals surface area contributed by atoms with Gasteiger partial charge in [0.15, 0.2) is 0 Å². The third kappa shape index (κ3) is 3.45. The van der Waals surface area contributed by atoms with Crippen molar-refractivity contribution in [3.8, 4) is 0 Å². The molecule has 1 N–H and O–H groups in total. The fourth-order valence-corrected chi connectivity index (χ4v) is 2.55. The van der Waals surface area contributed by atoms with Crippen LogP contribution < -0.4 is 5.32 Å². The average molecular weight is 256 g/mol. The van der Waals surface area contributed by atoms with E-state index in [1.807, 2.05) is 11.8 Å². The van der Waals surface area contributed by atoms with Crippen LogP contribution in [0.2, 0.25) is 0 Å². The third-order valence-electron chi connectivity index (χ3n) is 3.44. The predicted octanol–water partition coefficient (Wildman–Crippen LogP) is 0.929. The van der Waals surface area contributed by atoms with Crippen molar-refractivity contribution >= 4 is 11.9 Å². The van der Waals surface area contributed by atoms with Crippen LogP contribution in [0.25, 0.3) is 0 Å². The topological polar surface area (TPSA) is 58.6 Å². The maximum Gasteiger partial charge on any atom is 0.323 e. The first-order chi connectivity index (χ1) is 8.65. The van der Waals surface area contributed by atoms with Gasteiger partial charge in [0.05, 0.1) is 12.6 Å². The third-order valence-corrected chi connectivity index (χ3v) is 3.44. The molecule has 1 amide bonds. The second kappa shape index (κ2) is 7.36. The molecule has 0 spiro atoms. The first kappa shape index (κ1) is 15.0. The van der Waals surface area contributed by atoms with E-state index in [1.54, 1.807) is 14.0 Å². The zero-order valence-electron chi connectivity index (χ0n) is 11.6. The molecule has 0 aromatic heterocycles. The quantitative estimate of drug-likeness (QED) is 0.743. The normalized spacial score (nSPS) is 22.3. The molecule has 0 aromatic rings. The highest BCUT2D eigenvalue weighted by Crippen LogP contribution is 2.22. The van der Waals surface area contributed by atoms with Gasteiger partial charge in [0, 0.05) is 7.05 Å². The molecule has 0 bridgehead atoms. The summed E-state index contributed by atoms with van der Waals surface area (Å²) < 4.78 is 5.10. The number of esters is 1. The van der Waals surface area contributed by atoms with Crippen molar-refractivity contribution in [2.24, 2.45) is 0 Å². The van der Waals surface area contributed by atoms with Gasteiger partial charge in [-0.1, -0.05) is 13.3 Å². The SMILES string of the molecule is CCOC(=O)C(CC)N1CCCCC1C(=O)NC. The predicted molar refractivity (Wildman–Crippen MR) is 69.1 cm³/mol. The largest absolute Gasteiger partial charge is 0.465 e. The van der Waals surface area contributed by atoms with Gasteiger partial charge in [0.1, 0.15) is 6.04 Å². The van der Waals surface area contributed by atoms with Crippen molar-refractivity contribution in [1.82, 2.24) is 10.2 Å². The summed E-state index contributed by atoms with van der Waals surface area (Å²) in [7, 11) is 1.64. The van der Waals surface area contributed by atoms with Crippen LogP contribution in [0, 0.1) is 0 Å². The van der Waals surface area contributed by atoms with Crippen LogP contribution in [0.4, 0.5) is 0 Å². The summed E-state index contributed by atoms with van der Waals surface area (Å²) in [5.41, 5.74) is 0. The molecule has 2 unspecified atom stereocenters. The van der Waals surface area contributed by atoms with Crippen LogP contribution in [0.3, 0.4) is 0 Å². The van der Waals surface area contributed by atoms with Crippen LogP contribution in [0.5, 0.6) is 0 Å². The Bertz CT molecular complexity index is 294. The van der Waals surface area contributed by atoms with E-state index >= 15 is 0 Å². The van der Waals surface area contributed by atoms with E-state index in [0.717, 1.165) is 25.8 Å². The van der Waals surface area contributed by atoms with Crippen molar-refractivity contribution in [3.63, 3.8) is 0 Å². The summed E-state index contributed by atoms with van der Waals surface area (Å²) in [5.74, 6) is -0.215. The number of amides is 1. The lowest BCUT2D eigenvalue weighted by Crippen LogP contribution is -2.55. The maximum atomic E-state index is 11.9. The number of nitrogens with one attached hydrogen (secondary N) is 1. The van der Waals surface area contributed by atoms with E-state index in [9.17, 15) is 9.59 Å². The molecule has 1 saturated heterocycles. The number of carbonyl (C=O) groups excluding carboxylic acids is 2. The minimum Gasteiger partial charge on any atom is -0.465 e. The second-order valence-electron chi connectivity index (χ2n) is 4.54. The van der Waals surface area contributed by atoms with Crippen molar-refractivity contribution in [1.29, 1.82) is 0 Å². The number of piperidine rings is 1. The van der Waals surface area contributed by atoms with Gasteiger partial charge in [0.25, 0.3) is 0 Å². The van der Waals surface area contributed by atoms with Gasteiger partial charge in [-0.05, 0) is 32.7 Å². The van der Waals surface area contributed by atoms with Crippen LogP contribution in [0.15, 0.2) is 0 Å². The Morgan fingerprint density at radius 1 is 1.39 bits per heavy atom. The first-order valence-corrected chi connectivity index (χ1v) is 6.79. The number of ether oxygens (including phenoxy) is 1. The fourth-order valence-electron chi connectivity index (χ4n) is 2.55. The molecule has 104 valence electrons. The van der Waals surface area contributed by atoms with Crippen molar-refractivity contribution in [2.75, 3.05) is 20.2 Å². The van der Waals surface area contributed by atoms with Gasteiger partial charge in [-0.3, -0.25) is 14.5 Å². The van der Waals surface area contributed by atoms with Crippen molar-refractivity contribution in [3.05, 3.63) is 0 Å². The lowest BCUT2D eigenvalue weighted by atomic mass is 9.98. The lowest BCUT2D eigenvalue weighted by Gasteiger charge is -2.38. The Morgan fingerprint density at radius 3 is 2.67 bits per heavy atom. The minimum atomic E-state index is -0.299. The molecule has 0 saturated carbocycles. The van der Waals surface area contributed by atoms with Gasteiger partial charge in [-0.2, -0.15) is 0 Å². The summed E-state index contributed by atoms with van der Waals surface area (Å²) in [4.78, 5) is 25.8. The Balaban J connectivity index is 2.79. The summed E-state index contributed by atoms with van der Waals surface area (Å²) in [5, 5.41) is 2.68. The van der Waals surface area contributed by atoms with Gasteiger partial charge in [-0.15, -0.1) is 0 Å². The molecule has 5 nitrogen and oxygen atoms in total. The summed E-state index contributed by atoms with van der Waals surface area (Å²) in [6.45, 7) is 4.93.